The van der Waals surface area contributed by atoms with E-state index in [0.29, 0.717) is 0 Å². The van der Waals surface area contributed by atoms with Gasteiger partial charge in [-0.2, -0.15) is 38.2 Å². The Balaban J connectivity index is 0.000000850. The minimum atomic E-state index is -0.237. The van der Waals surface area contributed by atoms with E-state index in [-0.39, 0.29) is 298 Å². The second kappa shape index (κ2) is 48.0. The summed E-state index contributed by atoms with van der Waals surface area (Å²) in [5, 5.41) is 11.5. The molecule has 6 unspecified atom stereocenters. The first kappa shape index (κ1) is 133. The van der Waals surface area contributed by atoms with Gasteiger partial charge in [0, 0.05) is 254 Å². The quantitative estimate of drug-likeness (QED) is 0.105. The van der Waals surface area contributed by atoms with Crippen molar-refractivity contribution in [1.29, 1.82) is 0 Å². The average Bonchev–Trinajstić information content (AvgIpc) is 1.52. The topological polar surface area (TPSA) is 182 Å². The third-order valence-corrected chi connectivity index (χ3v) is 22.7. The summed E-state index contributed by atoms with van der Waals surface area (Å²) in [6, 6.07) is 13.7. The second-order valence-electron chi connectivity index (χ2n) is 56.4. The van der Waals surface area contributed by atoms with Crippen LogP contribution in [0.25, 0.3) is 22.6 Å². The van der Waals surface area contributed by atoms with Gasteiger partial charge in [-0.3, -0.25) is 30.9 Å². The van der Waals surface area contributed by atoms with Crippen molar-refractivity contribution in [3.05, 3.63) is 152 Å². The maximum Gasteiger partial charge on any atom is 0.154 e. The van der Waals surface area contributed by atoms with Crippen molar-refractivity contribution in [3.63, 3.8) is 0 Å². The number of rotatable bonds is 13. The first-order valence-electron chi connectivity index (χ1n) is 48.5. The Morgan fingerprint density at radius 3 is 1.33 bits per heavy atom. The average molecular weight is 2250 g/mol. The zero-order valence-corrected chi connectivity index (χ0v) is 111. The minimum Gasteiger partial charge on any atom is -0.469 e. The summed E-state index contributed by atoms with van der Waals surface area (Å²) in [6.07, 6.45) is 35.4. The van der Waals surface area contributed by atoms with Gasteiger partial charge in [-0.25, -0.2) is 6.07 Å². The van der Waals surface area contributed by atoms with Crippen LogP contribution >= 0.6 is 0 Å². The number of nitrogens with zero attached hydrogens (tertiary/aromatic N) is 17. The van der Waals surface area contributed by atoms with E-state index in [4.69, 9.17) is 15.0 Å². The van der Waals surface area contributed by atoms with Crippen LogP contribution in [0.5, 0.6) is 0 Å². The number of aromatic nitrogens is 11. The standard InChI is InChI=1S/3C24H40N4.C21H33N3.C20H32N4.5Y/c1-21(2,3)13-18(22(4,5)6)28(24(10,11)12)17-14-25-19-15-26-20(23(7,8)9)27(19)16-17;1-21(2,3)13-17(23(7,8)9)28(24(10,11)12)18-15-26-20-19(27-18)16(14-25-20)22(4,5)6;1-21(2,3)15-18(23(7,8)9)28(24(10,11)12)19-13-14-27-20(26-19)17(16-25-27)22(4,5)6;1-19(2,3)12-16(20(4,5)6)23-15-13-22-18-11-10-17(21(7,8)9)24(18)14-15;1-18(2,3)12-14(19(4,5)6)22-16-10-11-17-21-13-15(20(7,8)9)24(17)23-16;;;;;/h13,15-16,18H,1-12H3;13-14,17,20H,1-12H3;14-16,18H,1-12H3;10-12,14,16,23H,1-9H3;11-14H,1-9H3,(H,22,23);;;;;/q5*-2;;;;;. The van der Waals surface area contributed by atoms with Crippen molar-refractivity contribution in [2.75, 3.05) is 15.1 Å². The van der Waals surface area contributed by atoms with E-state index in [2.05, 4.69) is 530 Å². The molecule has 0 aliphatic carbocycles. The van der Waals surface area contributed by atoms with E-state index in [0.717, 1.165) is 73.9 Å². The number of aliphatic imine (C=N–C) groups is 3. The third-order valence-electron chi connectivity index (χ3n) is 22.7. The SMILES string of the molecule is CC(C)(C)[CH-]C(N(C1=NC2=C(C(C)(C)C)C=NC2N=[C-]1)C(C)(C)C)C(C)(C)C.CC(C)(C)[CH-]C(N(c1[c-]cn2ncc(C(C)(C)C)c2n1)C(C)(C)C)C(C)(C)C.CC(C)(C)[CH-]C(N(c1[c-]nc2cnc(C(C)(C)C)n2c1)C(C)(C)C)C(C)(C)C.CC(C)(C)[CH-]C(N=c1[c-]cc2ncc(C(C)(C)C)n2[nH]1)C(C)(C)C.CC(C)(C)[CH-]C(Nc1[c-]nc2ccc(C(C)(C)C)n2c1)C(C)(C)C.[Y].[Y].[Y].[Y].[Y]. The Morgan fingerprint density at radius 1 is 0.438 bits per heavy atom. The summed E-state index contributed by atoms with van der Waals surface area (Å²) in [5.74, 6) is 2.71. The fourth-order valence-corrected chi connectivity index (χ4v) is 16.1. The molecule has 19 nitrogen and oxygen atoms in total. The van der Waals surface area contributed by atoms with Crippen molar-refractivity contribution in [2.24, 2.45) is 79.5 Å². The van der Waals surface area contributed by atoms with Crippen LogP contribution in [0, 0.1) is 116 Å². The molecule has 0 saturated carbocycles. The second-order valence-corrected chi connectivity index (χ2v) is 56.4. The van der Waals surface area contributed by atoms with E-state index >= 15 is 0 Å². The fourth-order valence-electron chi connectivity index (χ4n) is 16.1. The van der Waals surface area contributed by atoms with Gasteiger partial charge in [0.15, 0.2) is 5.65 Å². The van der Waals surface area contributed by atoms with Crippen LogP contribution in [-0.4, -0.2) is 129 Å². The molecule has 0 aromatic carbocycles. The largest absolute Gasteiger partial charge is 0.469 e. The smallest absolute Gasteiger partial charge is 0.154 e. The fraction of sp³-hybridized carbons (Fsp3) is 0.690. The van der Waals surface area contributed by atoms with Crippen LogP contribution in [0.15, 0.2) is 86.6 Å². The molecule has 0 bridgehead atoms. The molecule has 10 rings (SSSR count). The molecular weight excluding hydrogens is 2070 g/mol. The van der Waals surface area contributed by atoms with Crippen molar-refractivity contribution >= 4 is 58.0 Å². The number of allylic oxidation sites excluding steroid dienone is 1. The van der Waals surface area contributed by atoms with Gasteiger partial charge in [0.1, 0.15) is 6.17 Å². The zero-order chi connectivity index (χ0) is 102. The summed E-state index contributed by atoms with van der Waals surface area (Å²) >= 11 is 0. The van der Waals surface area contributed by atoms with E-state index in [1.165, 1.54) is 11.3 Å². The number of aromatic amines is 1. The number of anilines is 3. The van der Waals surface area contributed by atoms with Gasteiger partial charge >= 0.3 is 0 Å². The zero-order valence-electron chi connectivity index (χ0n) is 96.6. The molecule has 8 aromatic heterocycles. The van der Waals surface area contributed by atoms with Crippen molar-refractivity contribution in [1.82, 2.24) is 57.8 Å². The molecule has 0 saturated heterocycles. The predicted molar refractivity (Wildman–Crippen MR) is 565 cm³/mol. The molecule has 24 heteroatoms. The van der Waals surface area contributed by atoms with Crippen molar-refractivity contribution < 1.29 is 164 Å². The Morgan fingerprint density at radius 2 is 0.905 bits per heavy atom. The van der Waals surface area contributed by atoms with Crippen LogP contribution < -0.4 is 20.6 Å². The number of amidine groups is 1. The van der Waals surface area contributed by atoms with Gasteiger partial charge in [0.05, 0.1) is 17.7 Å². The monoisotopic (exact) mass is 2250 g/mol. The van der Waals surface area contributed by atoms with E-state index in [9.17, 15) is 0 Å². The predicted octanol–water partition coefficient (Wildman–Crippen LogP) is 27.8. The first-order valence-corrected chi connectivity index (χ1v) is 48.5. The van der Waals surface area contributed by atoms with Crippen LogP contribution in [-0.2, 0) is 185 Å². The minimum absolute atomic E-state index is 0. The molecule has 0 fully saturated rings. The van der Waals surface area contributed by atoms with Gasteiger partial charge in [-0.15, -0.1) is 6.20 Å². The van der Waals surface area contributed by atoms with Crippen LogP contribution in [0.2, 0.25) is 0 Å². The van der Waals surface area contributed by atoms with Gasteiger partial charge in [0.2, 0.25) is 0 Å². The van der Waals surface area contributed by atoms with Crippen molar-refractivity contribution in [3.8, 4) is 0 Å². The molecule has 137 heavy (non-hydrogen) atoms. The maximum absolute atomic E-state index is 5.10. The Hall–Kier alpha value is -2.18. The Kier molecular flexibility index (Phi) is 46.5. The summed E-state index contributed by atoms with van der Waals surface area (Å²) in [6.45, 7) is 121. The molecule has 0 spiro atoms. The van der Waals surface area contributed by atoms with E-state index in [1.54, 1.807) is 0 Å². The molecule has 10 heterocycles. The molecule has 757 valence electrons. The molecule has 6 atom stereocenters. The van der Waals surface area contributed by atoms with Crippen LogP contribution in [0.4, 0.5) is 17.2 Å². The number of imidazole rings is 2. The van der Waals surface area contributed by atoms with Crippen LogP contribution in [0.1, 0.15) is 397 Å². The molecule has 8 aromatic rings. The molecule has 2 aliphatic heterocycles. The van der Waals surface area contributed by atoms with Gasteiger partial charge in [-0.05, 0) is 123 Å². The summed E-state index contributed by atoms with van der Waals surface area (Å²) in [7, 11) is 0. The number of fused-ring (bicyclic) bond motifs is 5. The summed E-state index contributed by atoms with van der Waals surface area (Å²) < 4.78 is 8.16. The maximum atomic E-state index is 5.10. The van der Waals surface area contributed by atoms with Crippen molar-refractivity contribution in [2.45, 2.75) is 449 Å². The Labute approximate surface area is 962 Å². The van der Waals surface area contributed by atoms with E-state index < -0.39 is 0 Å². The third kappa shape index (κ3) is 39.4. The number of hydrogen-bond donors (Lipinski definition) is 2. The normalized spacial score (nSPS) is 16.0. The number of H-pyrrole nitrogens is 1. The Bertz CT molecular complexity index is 5200. The van der Waals surface area contributed by atoms with Gasteiger partial charge in [-0.1, -0.05) is 385 Å². The van der Waals surface area contributed by atoms with Gasteiger partial charge < -0.3 is 101 Å². The molecular formula is C113H185N19Y5-10. The van der Waals surface area contributed by atoms with E-state index in [1.807, 2.05) is 46.1 Å². The molecule has 2 N–H and O–H groups in total. The molecule has 2 aliphatic rings. The van der Waals surface area contributed by atoms with Gasteiger partial charge in [0.25, 0.3) is 0 Å². The first-order chi connectivity index (χ1) is 58.8. The van der Waals surface area contributed by atoms with Crippen LogP contribution in [0.3, 0.4) is 0 Å². The summed E-state index contributed by atoms with van der Waals surface area (Å²) in [5.41, 5.74) is 12.5. The number of hydrogen-bond acceptors (Lipinski definition) is 14. The summed E-state index contributed by atoms with van der Waals surface area (Å²) in [4.78, 5) is 49.9. The molecule has 5 radical (unpaired) electrons. The number of nitrogens with one attached hydrogen (secondary N) is 2. The molecule has 0 amide bonds.